The van der Waals surface area contributed by atoms with Crippen LogP contribution in [-0.2, 0) is 6.54 Å². The number of hydrogen-bond donors (Lipinski definition) is 1. The van der Waals surface area contributed by atoms with Crippen LogP contribution in [0.2, 0.25) is 0 Å². The van der Waals surface area contributed by atoms with Gasteiger partial charge >= 0.3 is 0 Å². The molecule has 14 heavy (non-hydrogen) atoms. The first-order valence-corrected chi connectivity index (χ1v) is 5.17. The minimum Gasteiger partial charge on any atom is -0.310 e. The van der Waals surface area contributed by atoms with E-state index in [-0.39, 0.29) is 0 Å². The van der Waals surface area contributed by atoms with Crippen molar-refractivity contribution in [3.63, 3.8) is 0 Å². The second-order valence-electron chi connectivity index (χ2n) is 3.78. The Morgan fingerprint density at radius 2 is 2.14 bits per heavy atom. The molecule has 0 aliphatic rings. The highest BCUT2D eigenvalue weighted by Crippen LogP contribution is 2.07. The van der Waals surface area contributed by atoms with E-state index in [4.69, 9.17) is 0 Å². The van der Waals surface area contributed by atoms with E-state index in [9.17, 15) is 0 Å². The molecule has 0 bridgehead atoms. The fourth-order valence-electron chi connectivity index (χ4n) is 1.32. The Bertz CT molecular complexity index is 300. The van der Waals surface area contributed by atoms with Crippen molar-refractivity contribution in [3.05, 3.63) is 41.5 Å². The number of nitrogens with one attached hydrogen (secondary N) is 1. The lowest BCUT2D eigenvalue weighted by Crippen LogP contribution is -2.21. The maximum absolute atomic E-state index is 3.41. The molecule has 0 saturated heterocycles. The first-order valence-electron chi connectivity index (χ1n) is 5.17. The zero-order chi connectivity index (χ0) is 10.4. The van der Waals surface area contributed by atoms with Crippen molar-refractivity contribution in [3.8, 4) is 0 Å². The summed E-state index contributed by atoms with van der Waals surface area (Å²) >= 11 is 0. The van der Waals surface area contributed by atoms with Crippen LogP contribution in [0.3, 0.4) is 0 Å². The normalized spacial score (nSPS) is 11.4. The lowest BCUT2D eigenvalue weighted by molar-refractivity contribution is 0.589. The van der Waals surface area contributed by atoms with E-state index >= 15 is 0 Å². The van der Waals surface area contributed by atoms with Crippen molar-refractivity contribution >= 4 is 6.08 Å². The molecule has 1 aromatic carbocycles. The highest BCUT2D eigenvalue weighted by Gasteiger charge is 1.95. The third kappa shape index (κ3) is 3.75. The molecule has 0 radical (unpaired) electrons. The van der Waals surface area contributed by atoms with Gasteiger partial charge in [-0.1, -0.05) is 50.3 Å². The molecular formula is C13H19N. The molecule has 0 spiro atoms. The van der Waals surface area contributed by atoms with Gasteiger partial charge in [0.25, 0.3) is 0 Å². The van der Waals surface area contributed by atoms with Crippen LogP contribution in [0, 0.1) is 0 Å². The Balaban J connectivity index is 2.63. The van der Waals surface area contributed by atoms with Gasteiger partial charge in [-0.05, 0) is 18.1 Å². The largest absolute Gasteiger partial charge is 0.310 e. The molecule has 1 N–H and O–H groups in total. The zero-order valence-corrected chi connectivity index (χ0v) is 9.25. The van der Waals surface area contributed by atoms with E-state index in [1.165, 1.54) is 11.1 Å². The number of hydrogen-bond acceptors (Lipinski definition) is 1. The lowest BCUT2D eigenvalue weighted by Gasteiger charge is -2.08. The first-order chi connectivity index (χ1) is 6.72. The van der Waals surface area contributed by atoms with Gasteiger partial charge in [0.2, 0.25) is 0 Å². The fourth-order valence-corrected chi connectivity index (χ4v) is 1.32. The van der Waals surface area contributed by atoms with E-state index in [0.717, 1.165) is 6.54 Å². The molecule has 1 nitrogen and oxygen atoms in total. The molecule has 0 heterocycles. The molecule has 1 aromatic rings. The standard InChI is InChI=1S/C13H19N/c1-4-6-12-7-5-8-13(9-12)10-14-11(2)3/h4-9,11,14H,10H2,1-3H3/b6-4+. The Hall–Kier alpha value is -1.08. The molecule has 0 amide bonds. The smallest absolute Gasteiger partial charge is 0.0208 e. The minimum atomic E-state index is 0.542. The summed E-state index contributed by atoms with van der Waals surface area (Å²) in [5.74, 6) is 0. The van der Waals surface area contributed by atoms with E-state index in [0.29, 0.717) is 6.04 Å². The summed E-state index contributed by atoms with van der Waals surface area (Å²) in [5, 5.41) is 3.41. The van der Waals surface area contributed by atoms with Gasteiger partial charge in [0, 0.05) is 12.6 Å². The van der Waals surface area contributed by atoms with Crippen molar-refractivity contribution in [1.29, 1.82) is 0 Å². The molecule has 0 aliphatic heterocycles. The highest BCUT2D eigenvalue weighted by atomic mass is 14.9. The topological polar surface area (TPSA) is 12.0 Å². The number of rotatable bonds is 4. The van der Waals surface area contributed by atoms with Gasteiger partial charge in [0.05, 0.1) is 0 Å². The molecule has 1 heteroatoms. The van der Waals surface area contributed by atoms with Gasteiger partial charge in [-0.3, -0.25) is 0 Å². The van der Waals surface area contributed by atoms with Crippen LogP contribution in [0.1, 0.15) is 31.9 Å². The van der Waals surface area contributed by atoms with Crippen molar-refractivity contribution in [2.75, 3.05) is 0 Å². The van der Waals surface area contributed by atoms with Crippen LogP contribution < -0.4 is 5.32 Å². The second-order valence-corrected chi connectivity index (χ2v) is 3.78. The van der Waals surface area contributed by atoms with Crippen molar-refractivity contribution in [2.24, 2.45) is 0 Å². The molecule has 76 valence electrons. The van der Waals surface area contributed by atoms with Crippen LogP contribution in [0.5, 0.6) is 0 Å². The van der Waals surface area contributed by atoms with E-state index in [1.54, 1.807) is 0 Å². The van der Waals surface area contributed by atoms with Crippen LogP contribution in [-0.4, -0.2) is 6.04 Å². The van der Waals surface area contributed by atoms with Gasteiger partial charge in [0.1, 0.15) is 0 Å². The zero-order valence-electron chi connectivity index (χ0n) is 9.25. The predicted octanol–water partition coefficient (Wildman–Crippen LogP) is 3.22. The van der Waals surface area contributed by atoms with Crippen molar-refractivity contribution < 1.29 is 0 Å². The summed E-state index contributed by atoms with van der Waals surface area (Å²) in [5.41, 5.74) is 2.62. The Kier molecular flexibility index (Phi) is 4.41. The van der Waals surface area contributed by atoms with Crippen LogP contribution in [0.15, 0.2) is 30.3 Å². The van der Waals surface area contributed by atoms with Gasteiger partial charge in [-0.15, -0.1) is 0 Å². The summed E-state index contributed by atoms with van der Waals surface area (Å²) in [6.45, 7) is 7.31. The fraction of sp³-hybridized carbons (Fsp3) is 0.385. The average Bonchev–Trinajstić information content (AvgIpc) is 2.16. The molecule has 0 saturated carbocycles. The summed E-state index contributed by atoms with van der Waals surface area (Å²) < 4.78 is 0. The van der Waals surface area contributed by atoms with Gasteiger partial charge in [0.15, 0.2) is 0 Å². The van der Waals surface area contributed by atoms with Crippen molar-refractivity contribution in [1.82, 2.24) is 5.32 Å². The SMILES string of the molecule is C/C=C/c1cccc(CNC(C)C)c1. The molecule has 0 atom stereocenters. The summed E-state index contributed by atoms with van der Waals surface area (Å²) in [4.78, 5) is 0. The predicted molar refractivity (Wildman–Crippen MR) is 63.1 cm³/mol. The van der Waals surface area contributed by atoms with Gasteiger partial charge in [-0.25, -0.2) is 0 Å². The van der Waals surface area contributed by atoms with Crippen LogP contribution >= 0.6 is 0 Å². The Morgan fingerprint density at radius 1 is 1.36 bits per heavy atom. The van der Waals surface area contributed by atoms with Crippen molar-refractivity contribution in [2.45, 2.75) is 33.4 Å². The summed E-state index contributed by atoms with van der Waals surface area (Å²) in [6.07, 6.45) is 4.19. The Morgan fingerprint density at radius 3 is 2.79 bits per heavy atom. The molecule has 0 unspecified atom stereocenters. The molecule has 0 aliphatic carbocycles. The minimum absolute atomic E-state index is 0.542. The van der Waals surface area contributed by atoms with Crippen LogP contribution in [0.25, 0.3) is 6.08 Å². The third-order valence-electron chi connectivity index (χ3n) is 2.02. The van der Waals surface area contributed by atoms with E-state index in [1.807, 2.05) is 6.92 Å². The maximum atomic E-state index is 3.41. The molecule has 0 fully saturated rings. The van der Waals surface area contributed by atoms with Crippen LogP contribution in [0.4, 0.5) is 0 Å². The summed E-state index contributed by atoms with van der Waals surface area (Å²) in [7, 11) is 0. The Labute approximate surface area is 86.8 Å². The average molecular weight is 189 g/mol. The number of benzene rings is 1. The quantitative estimate of drug-likeness (QED) is 0.767. The molecular weight excluding hydrogens is 170 g/mol. The maximum Gasteiger partial charge on any atom is 0.0208 e. The molecule has 0 aromatic heterocycles. The summed E-state index contributed by atoms with van der Waals surface area (Å²) in [6, 6.07) is 9.14. The third-order valence-corrected chi connectivity index (χ3v) is 2.02. The lowest BCUT2D eigenvalue weighted by atomic mass is 10.1. The molecule has 1 rings (SSSR count). The highest BCUT2D eigenvalue weighted by molar-refractivity contribution is 5.49. The van der Waals surface area contributed by atoms with E-state index in [2.05, 4.69) is 55.6 Å². The monoisotopic (exact) mass is 189 g/mol. The second kappa shape index (κ2) is 5.61. The number of allylic oxidation sites excluding steroid dienone is 1. The first kappa shape index (κ1) is 11.0. The van der Waals surface area contributed by atoms with Gasteiger partial charge in [-0.2, -0.15) is 0 Å². The van der Waals surface area contributed by atoms with E-state index < -0.39 is 0 Å². The van der Waals surface area contributed by atoms with Gasteiger partial charge < -0.3 is 5.32 Å².